The van der Waals surface area contributed by atoms with E-state index in [1.165, 1.54) is 21.9 Å². The van der Waals surface area contributed by atoms with Crippen molar-refractivity contribution in [3.63, 3.8) is 0 Å². The zero-order valence-corrected chi connectivity index (χ0v) is 17.3. The molecule has 0 atom stereocenters. The number of ether oxygens (including phenoxy) is 1. The van der Waals surface area contributed by atoms with Crippen molar-refractivity contribution in [3.05, 3.63) is 77.9 Å². The van der Waals surface area contributed by atoms with Crippen LogP contribution in [0.2, 0.25) is 0 Å². The lowest BCUT2D eigenvalue weighted by Crippen LogP contribution is -2.40. The molecular weight excluding hydrogens is 370 g/mol. The highest BCUT2D eigenvalue weighted by Gasteiger charge is 2.21. The third-order valence-electron chi connectivity index (χ3n) is 5.96. The summed E-state index contributed by atoms with van der Waals surface area (Å²) in [5.41, 5.74) is 4.40. The number of nitrogens with one attached hydrogen (secondary N) is 1. The molecule has 0 heterocycles. The molecule has 0 bridgehead atoms. The van der Waals surface area contributed by atoms with Crippen LogP contribution in [0, 0.1) is 5.41 Å². The second-order valence-corrected chi connectivity index (χ2v) is 7.55. The molecule has 0 unspecified atom stereocenters. The highest BCUT2D eigenvalue weighted by molar-refractivity contribution is 6.14. The number of benzene rings is 4. The minimum Gasteiger partial charge on any atom is -0.496 e. The van der Waals surface area contributed by atoms with Gasteiger partial charge in [-0.1, -0.05) is 60.7 Å². The smallest absolute Gasteiger partial charge is 0.202 e. The van der Waals surface area contributed by atoms with Crippen molar-refractivity contribution in [2.24, 2.45) is 0 Å². The van der Waals surface area contributed by atoms with Crippen LogP contribution in [0.15, 0.2) is 66.7 Å². The minimum atomic E-state index is 0.402. The normalized spacial score (nSPS) is 11.8. The molecule has 0 aliphatic heterocycles. The first-order valence-corrected chi connectivity index (χ1v) is 9.95. The van der Waals surface area contributed by atoms with Crippen LogP contribution in [0.5, 0.6) is 5.75 Å². The Hall–Kier alpha value is -3.79. The fraction of sp³-hybridized carbons (Fsp3) is 0.115. The zero-order chi connectivity index (χ0) is 20.8. The van der Waals surface area contributed by atoms with Gasteiger partial charge in [0.05, 0.1) is 18.5 Å². The zero-order valence-electron chi connectivity index (χ0n) is 17.3. The van der Waals surface area contributed by atoms with Crippen molar-refractivity contribution in [3.8, 4) is 5.75 Å². The van der Waals surface area contributed by atoms with E-state index in [1.54, 1.807) is 7.11 Å². The topological polar surface area (TPSA) is 39.6 Å². The Kier molecular flexibility index (Phi) is 4.21. The Morgan fingerprint density at radius 1 is 0.767 bits per heavy atom. The van der Waals surface area contributed by atoms with Crippen molar-refractivity contribution in [2.45, 2.75) is 0 Å². The monoisotopic (exact) mass is 393 g/mol. The Morgan fingerprint density at radius 3 is 2.30 bits per heavy atom. The first-order chi connectivity index (χ1) is 14.6. The van der Waals surface area contributed by atoms with Crippen molar-refractivity contribution >= 4 is 51.0 Å². The Morgan fingerprint density at radius 2 is 1.50 bits per heavy atom. The molecule has 0 amide bonds. The summed E-state index contributed by atoms with van der Waals surface area (Å²) in [7, 11) is 5.58. The molecular formula is C26H23N3O. The van der Waals surface area contributed by atoms with Crippen molar-refractivity contribution in [2.75, 3.05) is 31.0 Å². The minimum absolute atomic E-state index is 0.402. The molecule has 4 heteroatoms. The van der Waals surface area contributed by atoms with E-state index >= 15 is 0 Å². The van der Waals surface area contributed by atoms with Gasteiger partial charge in [0, 0.05) is 30.4 Å². The molecule has 148 valence electrons. The van der Waals surface area contributed by atoms with E-state index in [0.717, 1.165) is 27.9 Å². The Labute approximate surface area is 176 Å². The van der Waals surface area contributed by atoms with E-state index in [2.05, 4.69) is 54.6 Å². The van der Waals surface area contributed by atoms with E-state index in [-0.39, 0.29) is 0 Å². The lowest BCUT2D eigenvalue weighted by molar-refractivity contribution is 0.420. The number of nitrogens with zero attached hydrogens (tertiary/aromatic N) is 2. The van der Waals surface area contributed by atoms with E-state index in [1.807, 2.05) is 48.2 Å². The molecule has 0 spiro atoms. The summed E-state index contributed by atoms with van der Waals surface area (Å²) >= 11 is 0. The van der Waals surface area contributed by atoms with Gasteiger partial charge in [-0.25, -0.2) is 0 Å². The predicted octanol–water partition coefficient (Wildman–Crippen LogP) is 5.99. The fourth-order valence-corrected chi connectivity index (χ4v) is 4.38. The maximum atomic E-state index is 8.94. The van der Waals surface area contributed by atoms with Gasteiger partial charge in [0.1, 0.15) is 5.75 Å². The van der Waals surface area contributed by atoms with E-state index in [0.29, 0.717) is 5.96 Å². The molecule has 4 nitrogen and oxygen atoms in total. The highest BCUT2D eigenvalue weighted by Crippen LogP contribution is 2.38. The van der Waals surface area contributed by atoms with Crippen molar-refractivity contribution in [1.82, 2.24) is 0 Å². The summed E-state index contributed by atoms with van der Waals surface area (Å²) in [5, 5.41) is 13.5. The van der Waals surface area contributed by atoms with Gasteiger partial charge >= 0.3 is 0 Å². The number of methoxy groups -OCH3 is 1. The maximum Gasteiger partial charge on any atom is 0.202 e. The van der Waals surface area contributed by atoms with Crippen LogP contribution in [0.25, 0.3) is 33.7 Å². The van der Waals surface area contributed by atoms with Gasteiger partial charge in [-0.3, -0.25) is 5.41 Å². The van der Waals surface area contributed by atoms with Gasteiger partial charge in [0.2, 0.25) is 5.96 Å². The quantitative estimate of drug-likeness (QED) is 0.302. The van der Waals surface area contributed by atoms with Gasteiger partial charge in [-0.05, 0) is 34.5 Å². The molecule has 0 saturated carbocycles. The van der Waals surface area contributed by atoms with Crippen LogP contribution < -0.4 is 14.5 Å². The number of fused-ring (bicyclic) bond motifs is 1. The van der Waals surface area contributed by atoms with Gasteiger partial charge in [0.15, 0.2) is 0 Å². The average molecular weight is 393 g/mol. The summed E-state index contributed by atoms with van der Waals surface area (Å²) < 4.78 is 5.53. The lowest BCUT2D eigenvalue weighted by Gasteiger charge is -2.30. The predicted molar refractivity (Wildman–Crippen MR) is 128 cm³/mol. The van der Waals surface area contributed by atoms with Crippen molar-refractivity contribution in [1.29, 1.82) is 5.41 Å². The Balaban J connectivity index is 1.56. The molecule has 30 heavy (non-hydrogen) atoms. The summed E-state index contributed by atoms with van der Waals surface area (Å²) in [6.07, 6.45) is 4.30. The van der Waals surface area contributed by atoms with Crippen LogP contribution in [0.4, 0.5) is 11.4 Å². The third-order valence-corrected chi connectivity index (χ3v) is 5.96. The standard InChI is InChI=1S/C26H23N3O/c1-28(22-15-16-24(30-3)20-10-5-4-9-19(20)22)26(27)29(2)23-14-12-18-8-6-7-17-11-13-21(23)25(17)18/h4-16,27H,1-3H3. The second kappa shape index (κ2) is 6.92. The lowest BCUT2D eigenvalue weighted by atomic mass is 10.0. The molecule has 1 N–H and O–H groups in total. The summed E-state index contributed by atoms with van der Waals surface area (Å²) in [6, 6.07) is 22.7. The Bertz CT molecular complexity index is 1340. The van der Waals surface area contributed by atoms with E-state index in [4.69, 9.17) is 10.1 Å². The highest BCUT2D eigenvalue weighted by atomic mass is 16.5. The van der Waals surface area contributed by atoms with Gasteiger partial charge < -0.3 is 14.5 Å². The summed E-state index contributed by atoms with van der Waals surface area (Å²) in [4.78, 5) is 3.86. The number of guanidine groups is 1. The van der Waals surface area contributed by atoms with Crippen molar-refractivity contribution < 1.29 is 4.74 Å². The fourth-order valence-electron chi connectivity index (χ4n) is 4.38. The SMILES string of the molecule is COc1ccc(N(C)C(=N)N(C)c2ccc3cccc4c3c2C=C4)c2ccccc12. The van der Waals surface area contributed by atoms with Gasteiger partial charge in [0.25, 0.3) is 0 Å². The van der Waals surface area contributed by atoms with Gasteiger partial charge in [-0.15, -0.1) is 0 Å². The average Bonchev–Trinajstić information content (AvgIpc) is 3.23. The molecule has 4 aromatic rings. The molecule has 0 saturated heterocycles. The molecule has 0 radical (unpaired) electrons. The number of anilines is 2. The molecule has 1 aliphatic carbocycles. The first kappa shape index (κ1) is 18.3. The van der Waals surface area contributed by atoms with Crippen LogP contribution in [0.3, 0.4) is 0 Å². The molecule has 0 aromatic heterocycles. The number of rotatable bonds is 3. The molecule has 1 aliphatic rings. The van der Waals surface area contributed by atoms with E-state index < -0.39 is 0 Å². The van der Waals surface area contributed by atoms with E-state index in [9.17, 15) is 0 Å². The summed E-state index contributed by atoms with van der Waals surface area (Å²) in [5.74, 6) is 1.24. The second-order valence-electron chi connectivity index (χ2n) is 7.55. The summed E-state index contributed by atoms with van der Waals surface area (Å²) in [6.45, 7) is 0. The van der Waals surface area contributed by atoms with Crippen LogP contribution in [-0.4, -0.2) is 27.2 Å². The maximum absolute atomic E-state index is 8.94. The molecule has 5 rings (SSSR count). The van der Waals surface area contributed by atoms with Crippen LogP contribution in [0.1, 0.15) is 11.1 Å². The van der Waals surface area contributed by atoms with Crippen LogP contribution in [-0.2, 0) is 0 Å². The van der Waals surface area contributed by atoms with Crippen LogP contribution >= 0.6 is 0 Å². The largest absolute Gasteiger partial charge is 0.496 e. The first-order valence-electron chi connectivity index (χ1n) is 9.95. The molecule has 0 fully saturated rings. The molecule has 4 aromatic carbocycles. The number of hydrogen-bond acceptors (Lipinski definition) is 2. The third kappa shape index (κ3) is 2.65. The number of hydrogen-bond donors (Lipinski definition) is 1. The van der Waals surface area contributed by atoms with Gasteiger partial charge in [-0.2, -0.15) is 0 Å².